The van der Waals surface area contributed by atoms with Crippen LogP contribution in [0, 0.1) is 0 Å². The van der Waals surface area contributed by atoms with Gasteiger partial charge in [0.05, 0.1) is 10.7 Å². The zero-order valence-corrected chi connectivity index (χ0v) is 19.4. The van der Waals surface area contributed by atoms with Crippen molar-refractivity contribution in [3.8, 4) is 0 Å². The molecule has 0 saturated carbocycles. The molecule has 2 aliphatic rings. The fourth-order valence-electron chi connectivity index (χ4n) is 4.68. The van der Waals surface area contributed by atoms with Gasteiger partial charge in [-0.3, -0.25) is 4.90 Å². The number of benzene rings is 1. The van der Waals surface area contributed by atoms with Crippen LogP contribution in [0.1, 0.15) is 48.7 Å². The van der Waals surface area contributed by atoms with Crippen molar-refractivity contribution < 1.29 is 14.7 Å². The smallest absolute Gasteiger partial charge is 0.356 e. The summed E-state index contributed by atoms with van der Waals surface area (Å²) in [7, 11) is 2.14. The first-order valence-electron chi connectivity index (χ1n) is 11.1. The molecule has 32 heavy (non-hydrogen) atoms. The molecule has 1 aromatic carbocycles. The highest BCUT2D eigenvalue weighted by atomic mass is 35.5. The minimum Gasteiger partial charge on any atom is -0.476 e. The van der Waals surface area contributed by atoms with Crippen molar-refractivity contribution in [1.29, 1.82) is 0 Å². The van der Waals surface area contributed by atoms with Crippen LogP contribution in [-0.2, 0) is 6.54 Å². The van der Waals surface area contributed by atoms with E-state index in [1.165, 1.54) is 30.7 Å². The molecule has 2 fully saturated rings. The van der Waals surface area contributed by atoms with E-state index in [9.17, 15) is 9.59 Å². The number of hydrogen-bond acceptors (Lipinski definition) is 5. The average molecular weight is 460 g/mol. The first-order valence-corrected chi connectivity index (χ1v) is 11.5. The fraction of sp³-hybridized carbons (Fsp3) is 0.522. The molecular weight excluding hydrogens is 430 g/mol. The van der Waals surface area contributed by atoms with Gasteiger partial charge >= 0.3 is 12.0 Å². The zero-order valence-electron chi connectivity index (χ0n) is 18.6. The summed E-state index contributed by atoms with van der Waals surface area (Å²) >= 11 is 6.60. The number of anilines is 1. The molecule has 9 heteroatoms. The van der Waals surface area contributed by atoms with Crippen molar-refractivity contribution >= 4 is 29.3 Å². The summed E-state index contributed by atoms with van der Waals surface area (Å²) in [6, 6.07) is 7.20. The highest BCUT2D eigenvalue weighted by Gasteiger charge is 2.36. The number of halogens is 1. The first-order chi connectivity index (χ1) is 15.3. The van der Waals surface area contributed by atoms with Crippen LogP contribution >= 0.6 is 11.6 Å². The molecule has 0 unspecified atom stereocenters. The standard InChI is InChI=1S/C23H30ClN5O3/c1-23(9-14-28(15-10-23)22(32)29-13-8-19(25-29)21(30)31)26(2)16-17-6-5-7-18(24)20(17)27-11-3-4-12-27/h5-8,13H,3-4,9-12,14-16H2,1-2H3,(H,30,31). The van der Waals surface area contributed by atoms with Gasteiger partial charge in [0.15, 0.2) is 5.69 Å². The molecule has 0 spiro atoms. The highest BCUT2D eigenvalue weighted by molar-refractivity contribution is 6.33. The van der Waals surface area contributed by atoms with E-state index in [2.05, 4.69) is 34.9 Å². The lowest BCUT2D eigenvalue weighted by Crippen LogP contribution is -2.53. The molecule has 0 atom stereocenters. The maximum Gasteiger partial charge on any atom is 0.356 e. The summed E-state index contributed by atoms with van der Waals surface area (Å²) in [6.45, 7) is 6.31. The van der Waals surface area contributed by atoms with Crippen LogP contribution in [0.3, 0.4) is 0 Å². The van der Waals surface area contributed by atoms with Crippen LogP contribution in [0.2, 0.25) is 5.02 Å². The number of aromatic nitrogens is 2. The third kappa shape index (κ3) is 4.47. The summed E-state index contributed by atoms with van der Waals surface area (Å²) in [5.41, 5.74) is 2.20. The Bertz CT molecular complexity index is 993. The molecule has 0 bridgehead atoms. The number of likely N-dealkylation sites (tertiary alicyclic amines) is 1. The van der Waals surface area contributed by atoms with Gasteiger partial charge in [-0.25, -0.2) is 9.59 Å². The minimum atomic E-state index is -1.14. The molecular formula is C23H30ClN5O3. The van der Waals surface area contributed by atoms with E-state index < -0.39 is 5.97 Å². The van der Waals surface area contributed by atoms with Crippen LogP contribution in [0.5, 0.6) is 0 Å². The van der Waals surface area contributed by atoms with Gasteiger partial charge in [-0.2, -0.15) is 9.78 Å². The monoisotopic (exact) mass is 459 g/mol. The van der Waals surface area contributed by atoms with E-state index in [-0.39, 0.29) is 17.3 Å². The second-order valence-corrected chi connectivity index (χ2v) is 9.42. The van der Waals surface area contributed by atoms with Gasteiger partial charge in [0.1, 0.15) is 0 Å². The zero-order chi connectivity index (χ0) is 22.9. The van der Waals surface area contributed by atoms with Crippen molar-refractivity contribution in [2.75, 3.05) is 38.1 Å². The SMILES string of the molecule is CN(Cc1cccc(Cl)c1N1CCCC1)C1(C)CCN(C(=O)n2ccc(C(=O)O)n2)CC1. The number of carboxylic acid groups (broad SMARTS) is 1. The maximum absolute atomic E-state index is 12.7. The largest absolute Gasteiger partial charge is 0.476 e. The van der Waals surface area contributed by atoms with Gasteiger partial charge in [0.25, 0.3) is 0 Å². The molecule has 0 radical (unpaired) electrons. The Morgan fingerprint density at radius 1 is 1.16 bits per heavy atom. The molecule has 1 amide bonds. The molecule has 2 saturated heterocycles. The van der Waals surface area contributed by atoms with Gasteiger partial charge in [-0.05, 0) is 57.4 Å². The Hall–Kier alpha value is -2.58. The molecule has 1 N–H and O–H groups in total. The number of rotatable bonds is 5. The van der Waals surface area contributed by atoms with Crippen LogP contribution in [0.15, 0.2) is 30.5 Å². The van der Waals surface area contributed by atoms with Crippen LogP contribution in [0.25, 0.3) is 0 Å². The van der Waals surface area contributed by atoms with Crippen molar-refractivity contribution in [1.82, 2.24) is 19.6 Å². The number of aromatic carboxylic acids is 1. The van der Waals surface area contributed by atoms with Gasteiger partial charge < -0.3 is 14.9 Å². The van der Waals surface area contributed by atoms with Gasteiger partial charge in [0.2, 0.25) is 0 Å². The number of amides is 1. The lowest BCUT2D eigenvalue weighted by Gasteiger charge is -2.45. The second kappa shape index (κ2) is 9.11. The lowest BCUT2D eigenvalue weighted by molar-refractivity contribution is 0.0585. The van der Waals surface area contributed by atoms with Crippen molar-refractivity contribution in [2.45, 2.75) is 44.7 Å². The van der Waals surface area contributed by atoms with Crippen LogP contribution < -0.4 is 4.90 Å². The number of carboxylic acids is 1. The van der Waals surface area contributed by atoms with E-state index in [0.29, 0.717) is 13.1 Å². The van der Waals surface area contributed by atoms with Gasteiger partial charge in [-0.15, -0.1) is 0 Å². The number of carbonyl (C=O) groups excluding carboxylic acids is 1. The molecule has 8 nitrogen and oxygen atoms in total. The molecule has 172 valence electrons. The third-order valence-corrected chi connectivity index (χ3v) is 7.24. The summed E-state index contributed by atoms with van der Waals surface area (Å²) in [5, 5.41) is 13.7. The van der Waals surface area contributed by atoms with Crippen molar-refractivity contribution in [3.63, 3.8) is 0 Å². The normalized spacial score (nSPS) is 18.4. The lowest BCUT2D eigenvalue weighted by atomic mass is 9.87. The van der Waals surface area contributed by atoms with Gasteiger partial charge in [-0.1, -0.05) is 23.7 Å². The quantitative estimate of drug-likeness (QED) is 0.732. The summed E-state index contributed by atoms with van der Waals surface area (Å²) in [4.78, 5) is 30.3. The molecule has 0 aliphatic carbocycles. The van der Waals surface area contributed by atoms with E-state index >= 15 is 0 Å². The first kappa shape index (κ1) is 22.6. The maximum atomic E-state index is 12.7. The number of piperidine rings is 1. The molecule has 2 aliphatic heterocycles. The van der Waals surface area contributed by atoms with E-state index in [1.807, 2.05) is 12.1 Å². The minimum absolute atomic E-state index is 0.0578. The van der Waals surface area contributed by atoms with Crippen LogP contribution in [-0.4, -0.2) is 75.5 Å². The number of nitrogens with zero attached hydrogens (tertiary/aromatic N) is 5. The van der Waals surface area contributed by atoms with Crippen molar-refractivity contribution in [3.05, 3.63) is 46.7 Å². The number of hydrogen-bond donors (Lipinski definition) is 1. The molecule has 2 aromatic rings. The van der Waals surface area contributed by atoms with Gasteiger partial charge in [0, 0.05) is 44.5 Å². The fourth-order valence-corrected chi connectivity index (χ4v) is 4.99. The Morgan fingerprint density at radius 3 is 2.47 bits per heavy atom. The average Bonchev–Trinajstić information content (AvgIpc) is 3.46. The predicted octanol–water partition coefficient (Wildman–Crippen LogP) is 3.79. The van der Waals surface area contributed by atoms with Crippen LogP contribution in [0.4, 0.5) is 10.5 Å². The Labute approximate surface area is 193 Å². The summed E-state index contributed by atoms with van der Waals surface area (Å²) < 4.78 is 1.12. The van der Waals surface area contributed by atoms with Crippen molar-refractivity contribution in [2.24, 2.45) is 0 Å². The second-order valence-electron chi connectivity index (χ2n) is 9.02. The number of carbonyl (C=O) groups is 2. The van der Waals surface area contributed by atoms with E-state index in [4.69, 9.17) is 16.7 Å². The highest BCUT2D eigenvalue weighted by Crippen LogP contribution is 2.35. The third-order valence-electron chi connectivity index (χ3n) is 6.94. The van der Waals surface area contributed by atoms with E-state index in [0.717, 1.165) is 47.9 Å². The Kier molecular flexibility index (Phi) is 6.44. The Balaban J connectivity index is 1.41. The molecule has 1 aromatic heterocycles. The number of para-hydroxylation sites is 1. The topological polar surface area (TPSA) is 81.9 Å². The molecule has 4 rings (SSSR count). The summed E-state index contributed by atoms with van der Waals surface area (Å²) in [6.07, 6.45) is 5.45. The Morgan fingerprint density at radius 2 is 1.84 bits per heavy atom. The van der Waals surface area contributed by atoms with E-state index in [1.54, 1.807) is 4.90 Å². The molecule has 3 heterocycles. The summed E-state index contributed by atoms with van der Waals surface area (Å²) in [5.74, 6) is -1.14. The predicted molar refractivity (Wildman–Crippen MR) is 124 cm³/mol.